The van der Waals surface area contributed by atoms with Crippen LogP contribution in [0.25, 0.3) is 11.0 Å². The van der Waals surface area contributed by atoms with Crippen molar-refractivity contribution in [2.75, 3.05) is 0 Å². The summed E-state index contributed by atoms with van der Waals surface area (Å²) in [5.74, 6) is 0. The van der Waals surface area contributed by atoms with Crippen LogP contribution in [0.15, 0.2) is 36.4 Å². The molecular weight excluding hydrogens is 331 g/mol. The summed E-state index contributed by atoms with van der Waals surface area (Å²) in [5.41, 5.74) is 1.44. The Bertz CT molecular complexity index is 866. The summed E-state index contributed by atoms with van der Waals surface area (Å²) in [7, 11) is 0. The second-order valence-corrected chi connectivity index (χ2v) is 5.19. The minimum absolute atomic E-state index is 0.0204. The van der Waals surface area contributed by atoms with Crippen molar-refractivity contribution < 1.29 is 9.76 Å². The summed E-state index contributed by atoms with van der Waals surface area (Å²) in [6.07, 6.45) is 0. The van der Waals surface area contributed by atoms with Crippen molar-refractivity contribution in [3.8, 4) is 0 Å². The number of fused-ring (bicyclic) bond motifs is 1. The summed E-state index contributed by atoms with van der Waals surface area (Å²) in [4.78, 5) is 17.1. The van der Waals surface area contributed by atoms with Crippen LogP contribution < -0.4 is 4.84 Å². The highest BCUT2D eigenvalue weighted by Crippen LogP contribution is 2.26. The number of halogens is 2. The van der Waals surface area contributed by atoms with Crippen LogP contribution in [0.1, 0.15) is 5.56 Å². The van der Waals surface area contributed by atoms with Gasteiger partial charge in [0.2, 0.25) is 0 Å². The van der Waals surface area contributed by atoms with E-state index < -0.39 is 4.92 Å². The van der Waals surface area contributed by atoms with Crippen LogP contribution >= 0.6 is 23.2 Å². The van der Waals surface area contributed by atoms with Gasteiger partial charge in [0.25, 0.3) is 5.69 Å². The summed E-state index contributed by atoms with van der Waals surface area (Å²) in [6.45, 7) is -0.0319. The van der Waals surface area contributed by atoms with E-state index in [-0.39, 0.29) is 12.3 Å². The molecule has 0 bridgehead atoms. The zero-order chi connectivity index (χ0) is 15.7. The number of hydrogen-bond acceptors (Lipinski definition) is 5. The molecule has 0 aliphatic carbocycles. The van der Waals surface area contributed by atoms with Gasteiger partial charge < -0.3 is 4.84 Å². The third-order valence-electron chi connectivity index (χ3n) is 2.99. The fourth-order valence-corrected chi connectivity index (χ4v) is 2.25. The lowest BCUT2D eigenvalue weighted by molar-refractivity contribution is -0.385. The topological polar surface area (TPSA) is 83.1 Å². The van der Waals surface area contributed by atoms with E-state index in [4.69, 9.17) is 28.0 Å². The Labute approximate surface area is 134 Å². The number of nitro groups is 1. The van der Waals surface area contributed by atoms with Gasteiger partial charge in [0.1, 0.15) is 17.6 Å². The fourth-order valence-electron chi connectivity index (χ4n) is 1.93. The van der Waals surface area contributed by atoms with Gasteiger partial charge in [-0.3, -0.25) is 10.1 Å². The minimum Gasteiger partial charge on any atom is -0.390 e. The number of nitro benzene ring substituents is 1. The zero-order valence-electron chi connectivity index (χ0n) is 10.9. The highest BCUT2D eigenvalue weighted by Gasteiger charge is 2.14. The van der Waals surface area contributed by atoms with Crippen LogP contribution in [0.4, 0.5) is 5.69 Å². The molecule has 2 aromatic carbocycles. The third-order valence-corrected chi connectivity index (χ3v) is 3.71. The molecule has 0 atom stereocenters. The molecule has 1 heterocycles. The second-order valence-electron chi connectivity index (χ2n) is 4.38. The summed E-state index contributed by atoms with van der Waals surface area (Å²) < 4.78 is 0. The van der Waals surface area contributed by atoms with Gasteiger partial charge in [-0.25, -0.2) is 0 Å². The predicted molar refractivity (Wildman–Crippen MR) is 80.9 cm³/mol. The van der Waals surface area contributed by atoms with Crippen molar-refractivity contribution in [1.82, 2.24) is 15.2 Å². The normalized spacial score (nSPS) is 10.8. The molecule has 0 unspecified atom stereocenters. The van der Waals surface area contributed by atoms with Gasteiger partial charge in [0.05, 0.1) is 20.5 Å². The molecule has 0 saturated carbocycles. The van der Waals surface area contributed by atoms with Crippen LogP contribution in [-0.4, -0.2) is 20.1 Å². The van der Waals surface area contributed by atoms with Gasteiger partial charge in [-0.05, 0) is 23.4 Å². The molecule has 0 radical (unpaired) electrons. The van der Waals surface area contributed by atoms with Crippen molar-refractivity contribution in [2.45, 2.75) is 6.61 Å². The van der Waals surface area contributed by atoms with E-state index in [0.717, 1.165) is 4.85 Å². The lowest BCUT2D eigenvalue weighted by Gasteiger charge is -2.06. The molecule has 0 spiro atoms. The first-order valence-electron chi connectivity index (χ1n) is 6.12. The molecule has 9 heteroatoms. The Morgan fingerprint density at radius 1 is 1.23 bits per heavy atom. The van der Waals surface area contributed by atoms with Crippen molar-refractivity contribution in [3.05, 3.63) is 62.1 Å². The van der Waals surface area contributed by atoms with E-state index in [1.54, 1.807) is 30.3 Å². The molecule has 1 aromatic heterocycles. The number of rotatable bonds is 4. The second kappa shape index (κ2) is 5.78. The number of hydrogen-bond donors (Lipinski definition) is 0. The highest BCUT2D eigenvalue weighted by atomic mass is 35.5. The molecular formula is C13H8Cl2N4O3. The van der Waals surface area contributed by atoms with Gasteiger partial charge >= 0.3 is 0 Å². The third kappa shape index (κ3) is 2.68. The molecule has 22 heavy (non-hydrogen) atoms. The standard InChI is InChI=1S/C13H8Cl2N4O3/c14-9-5-11-13(6-10(9)15)18(17-16-11)22-7-8-3-1-2-4-12(8)19(20)21/h1-6H,7H2. The van der Waals surface area contributed by atoms with E-state index in [1.807, 2.05) is 0 Å². The van der Waals surface area contributed by atoms with Crippen molar-refractivity contribution in [3.63, 3.8) is 0 Å². The molecule has 3 aromatic rings. The lowest BCUT2D eigenvalue weighted by Crippen LogP contribution is -2.13. The summed E-state index contributed by atoms with van der Waals surface area (Å²) in [5, 5.41) is 19.4. The van der Waals surface area contributed by atoms with E-state index >= 15 is 0 Å². The van der Waals surface area contributed by atoms with Crippen LogP contribution in [0, 0.1) is 10.1 Å². The minimum atomic E-state index is -0.464. The van der Waals surface area contributed by atoms with Crippen LogP contribution in [0.3, 0.4) is 0 Å². The van der Waals surface area contributed by atoms with Crippen molar-refractivity contribution in [1.29, 1.82) is 0 Å². The van der Waals surface area contributed by atoms with Gasteiger partial charge in [0.15, 0.2) is 0 Å². The van der Waals surface area contributed by atoms with Crippen LogP contribution in [0.2, 0.25) is 10.0 Å². The zero-order valence-corrected chi connectivity index (χ0v) is 12.5. The smallest absolute Gasteiger partial charge is 0.276 e. The van der Waals surface area contributed by atoms with Crippen LogP contribution in [0.5, 0.6) is 0 Å². The molecule has 0 saturated heterocycles. The Hall–Kier alpha value is -2.38. The SMILES string of the molecule is O=[N+]([O-])c1ccccc1COn1nnc2cc(Cl)c(Cl)cc21. The average Bonchev–Trinajstić information content (AvgIpc) is 2.88. The van der Waals surface area contributed by atoms with Gasteiger partial charge in [-0.15, -0.1) is 5.10 Å². The largest absolute Gasteiger partial charge is 0.390 e. The molecule has 0 N–H and O–H groups in total. The highest BCUT2D eigenvalue weighted by molar-refractivity contribution is 6.42. The van der Waals surface area contributed by atoms with Crippen molar-refractivity contribution >= 4 is 39.9 Å². The maximum Gasteiger partial charge on any atom is 0.276 e. The van der Waals surface area contributed by atoms with E-state index in [9.17, 15) is 10.1 Å². The predicted octanol–water partition coefficient (Wildman–Crippen LogP) is 3.28. The molecule has 0 fully saturated rings. The first kappa shape index (κ1) is 14.6. The molecule has 0 aliphatic heterocycles. The number of nitrogens with zero attached hydrogens (tertiary/aromatic N) is 4. The number of benzene rings is 2. The van der Waals surface area contributed by atoms with E-state index in [2.05, 4.69) is 10.3 Å². The Balaban J connectivity index is 1.89. The quantitative estimate of drug-likeness (QED) is 0.538. The molecule has 3 rings (SSSR count). The first-order chi connectivity index (χ1) is 10.6. The average molecular weight is 339 g/mol. The molecule has 7 nitrogen and oxygen atoms in total. The maximum absolute atomic E-state index is 11.0. The molecule has 0 amide bonds. The monoisotopic (exact) mass is 338 g/mol. The van der Waals surface area contributed by atoms with Gasteiger partial charge in [-0.1, -0.05) is 40.2 Å². The van der Waals surface area contributed by atoms with Crippen molar-refractivity contribution in [2.24, 2.45) is 0 Å². The van der Waals surface area contributed by atoms with Gasteiger partial charge in [0, 0.05) is 6.07 Å². The van der Waals surface area contributed by atoms with Gasteiger partial charge in [-0.2, -0.15) is 0 Å². The number of para-hydroxylation sites is 1. The Kier molecular flexibility index (Phi) is 3.82. The van der Waals surface area contributed by atoms with Crippen LogP contribution in [-0.2, 0) is 6.61 Å². The maximum atomic E-state index is 11.0. The fraction of sp³-hybridized carbons (Fsp3) is 0.0769. The molecule has 0 aliphatic rings. The lowest BCUT2D eigenvalue weighted by atomic mass is 10.2. The number of aromatic nitrogens is 3. The molecule has 112 valence electrons. The summed E-state index contributed by atoms with van der Waals surface area (Å²) >= 11 is 11.9. The Morgan fingerprint density at radius 2 is 1.95 bits per heavy atom. The summed E-state index contributed by atoms with van der Waals surface area (Å²) in [6, 6.07) is 9.45. The van der Waals surface area contributed by atoms with E-state index in [1.165, 1.54) is 6.07 Å². The first-order valence-corrected chi connectivity index (χ1v) is 6.88. The van der Waals surface area contributed by atoms with E-state index in [0.29, 0.717) is 26.6 Å². The Morgan fingerprint density at radius 3 is 2.73 bits per heavy atom.